The number of hydrogen-bond acceptors (Lipinski definition) is 4. The highest BCUT2D eigenvalue weighted by Gasteiger charge is 2.12. The molecule has 7 heteroatoms. The van der Waals surface area contributed by atoms with Gasteiger partial charge in [0.1, 0.15) is 5.75 Å². The predicted molar refractivity (Wildman–Crippen MR) is 72.9 cm³/mol. The zero-order valence-electron chi connectivity index (χ0n) is 10.8. The van der Waals surface area contributed by atoms with Crippen molar-refractivity contribution in [1.82, 2.24) is 10.2 Å². The molecule has 0 radical (unpaired) electrons. The number of aromatic nitrogens is 2. The van der Waals surface area contributed by atoms with Crippen LogP contribution >= 0.6 is 11.6 Å². The molecule has 2 aromatic rings. The van der Waals surface area contributed by atoms with Crippen molar-refractivity contribution >= 4 is 23.1 Å². The molecule has 0 unspecified atom stereocenters. The van der Waals surface area contributed by atoms with E-state index in [0.29, 0.717) is 16.7 Å². The Hall–Kier alpha value is -1.95. The maximum Gasteiger partial charge on any atom is 0.387 e. The molecule has 4 nitrogen and oxygen atoms in total. The highest BCUT2D eigenvalue weighted by molar-refractivity contribution is 6.30. The molecule has 0 aliphatic heterocycles. The van der Waals surface area contributed by atoms with E-state index >= 15 is 0 Å². The van der Waals surface area contributed by atoms with Crippen LogP contribution in [0.3, 0.4) is 0 Å². The molecule has 0 atom stereocenters. The third-order valence-corrected chi connectivity index (χ3v) is 3.18. The summed E-state index contributed by atoms with van der Waals surface area (Å²) in [5.74, 6) is 0.480. The minimum absolute atomic E-state index is 0.0382. The Morgan fingerprint density at radius 1 is 1.15 bits per heavy atom. The van der Waals surface area contributed by atoms with Crippen LogP contribution in [0.4, 0.5) is 20.3 Å². The quantitative estimate of drug-likeness (QED) is 0.923. The molecule has 1 aromatic heterocycles. The highest BCUT2D eigenvalue weighted by Crippen LogP contribution is 2.30. The van der Waals surface area contributed by atoms with E-state index in [2.05, 4.69) is 20.3 Å². The Kier molecular flexibility index (Phi) is 4.34. The topological polar surface area (TPSA) is 47.0 Å². The number of nitrogens with one attached hydrogen (secondary N) is 1. The van der Waals surface area contributed by atoms with Crippen LogP contribution in [-0.2, 0) is 0 Å². The number of benzene rings is 1. The van der Waals surface area contributed by atoms with Crippen LogP contribution in [0.5, 0.6) is 5.75 Å². The molecule has 0 bridgehead atoms. The van der Waals surface area contributed by atoms with E-state index in [1.165, 1.54) is 6.07 Å². The molecular formula is C13H12ClF2N3O. The average molecular weight is 300 g/mol. The van der Waals surface area contributed by atoms with Gasteiger partial charge in [0.25, 0.3) is 0 Å². The normalized spacial score (nSPS) is 10.7. The molecule has 1 N–H and O–H groups in total. The Morgan fingerprint density at radius 2 is 1.85 bits per heavy atom. The van der Waals surface area contributed by atoms with Crippen LogP contribution in [0.1, 0.15) is 11.1 Å². The number of nitrogens with zero attached hydrogens (tertiary/aromatic N) is 2. The first-order valence-corrected chi connectivity index (χ1v) is 6.17. The fourth-order valence-corrected chi connectivity index (χ4v) is 1.77. The second kappa shape index (κ2) is 6.00. The maximum atomic E-state index is 12.3. The van der Waals surface area contributed by atoms with Crippen LogP contribution in [0.25, 0.3) is 0 Å². The zero-order valence-corrected chi connectivity index (χ0v) is 11.6. The SMILES string of the molecule is Cc1c(Cl)nnc(Nc2ccccc2OC(F)F)c1C. The lowest BCUT2D eigenvalue weighted by atomic mass is 10.2. The molecule has 1 heterocycles. The van der Waals surface area contributed by atoms with Gasteiger partial charge in [-0.05, 0) is 37.1 Å². The van der Waals surface area contributed by atoms with Gasteiger partial charge in [-0.15, -0.1) is 10.2 Å². The summed E-state index contributed by atoms with van der Waals surface area (Å²) in [5, 5.41) is 10.9. The van der Waals surface area contributed by atoms with Crippen molar-refractivity contribution in [2.45, 2.75) is 20.5 Å². The summed E-state index contributed by atoms with van der Waals surface area (Å²) in [6.07, 6.45) is 0. The number of hydrogen-bond donors (Lipinski definition) is 1. The zero-order chi connectivity index (χ0) is 14.7. The highest BCUT2D eigenvalue weighted by atomic mass is 35.5. The lowest BCUT2D eigenvalue weighted by Gasteiger charge is -2.14. The van der Waals surface area contributed by atoms with Crippen LogP contribution < -0.4 is 10.1 Å². The van der Waals surface area contributed by atoms with Crippen molar-refractivity contribution in [1.29, 1.82) is 0 Å². The summed E-state index contributed by atoms with van der Waals surface area (Å²) in [6, 6.07) is 6.36. The minimum atomic E-state index is -2.89. The molecule has 0 aliphatic carbocycles. The van der Waals surface area contributed by atoms with Crippen LogP contribution in [0.15, 0.2) is 24.3 Å². The molecule has 0 saturated carbocycles. The van der Waals surface area contributed by atoms with Gasteiger partial charge in [-0.25, -0.2) is 0 Å². The van der Waals surface area contributed by atoms with Crippen LogP contribution in [0.2, 0.25) is 5.15 Å². The summed E-state index contributed by atoms with van der Waals surface area (Å²) >= 11 is 5.86. The number of para-hydroxylation sites is 2. The van der Waals surface area contributed by atoms with E-state index in [-0.39, 0.29) is 5.75 Å². The molecule has 106 valence electrons. The lowest BCUT2D eigenvalue weighted by molar-refractivity contribution is -0.0493. The number of alkyl halides is 2. The first kappa shape index (κ1) is 14.5. The maximum absolute atomic E-state index is 12.3. The van der Waals surface area contributed by atoms with Gasteiger partial charge in [-0.1, -0.05) is 23.7 Å². The third-order valence-electron chi connectivity index (χ3n) is 2.82. The van der Waals surface area contributed by atoms with Gasteiger partial charge < -0.3 is 10.1 Å². The van der Waals surface area contributed by atoms with Gasteiger partial charge in [-0.3, -0.25) is 0 Å². The first-order valence-electron chi connectivity index (χ1n) is 5.79. The molecule has 0 saturated heterocycles. The number of ether oxygens (including phenoxy) is 1. The third kappa shape index (κ3) is 3.14. The largest absolute Gasteiger partial charge is 0.433 e. The van der Waals surface area contributed by atoms with Gasteiger partial charge in [0, 0.05) is 0 Å². The molecule has 1 aromatic carbocycles. The van der Waals surface area contributed by atoms with E-state index in [0.717, 1.165) is 11.1 Å². The van der Waals surface area contributed by atoms with Gasteiger partial charge in [-0.2, -0.15) is 8.78 Å². The molecule has 0 aliphatic rings. The van der Waals surface area contributed by atoms with E-state index in [9.17, 15) is 8.78 Å². The van der Waals surface area contributed by atoms with Crippen molar-refractivity contribution in [3.63, 3.8) is 0 Å². The van der Waals surface area contributed by atoms with Crippen molar-refractivity contribution in [3.8, 4) is 5.75 Å². The molecule has 2 rings (SSSR count). The first-order chi connectivity index (χ1) is 9.49. The second-order valence-electron chi connectivity index (χ2n) is 4.09. The number of anilines is 2. The minimum Gasteiger partial charge on any atom is -0.433 e. The summed E-state index contributed by atoms with van der Waals surface area (Å²) in [5.41, 5.74) is 1.94. The lowest BCUT2D eigenvalue weighted by Crippen LogP contribution is -2.06. The van der Waals surface area contributed by atoms with Gasteiger partial charge >= 0.3 is 6.61 Å². The van der Waals surface area contributed by atoms with Gasteiger partial charge in [0.05, 0.1) is 5.69 Å². The molecule has 0 spiro atoms. The van der Waals surface area contributed by atoms with E-state index in [4.69, 9.17) is 11.6 Å². The number of halogens is 3. The molecule has 0 fully saturated rings. The average Bonchev–Trinajstić information content (AvgIpc) is 2.41. The van der Waals surface area contributed by atoms with E-state index in [1.807, 2.05) is 6.92 Å². The predicted octanol–water partition coefficient (Wildman–Crippen LogP) is 4.09. The van der Waals surface area contributed by atoms with E-state index in [1.54, 1.807) is 25.1 Å². The molecule has 20 heavy (non-hydrogen) atoms. The van der Waals surface area contributed by atoms with Crippen LogP contribution in [0, 0.1) is 13.8 Å². The van der Waals surface area contributed by atoms with Crippen molar-refractivity contribution < 1.29 is 13.5 Å². The van der Waals surface area contributed by atoms with Crippen molar-refractivity contribution in [2.75, 3.05) is 5.32 Å². The fourth-order valence-electron chi connectivity index (χ4n) is 1.59. The Bertz CT molecular complexity index is 623. The summed E-state index contributed by atoms with van der Waals surface area (Å²) in [6.45, 7) is 0.727. The Morgan fingerprint density at radius 3 is 2.55 bits per heavy atom. The molecular weight excluding hydrogens is 288 g/mol. The fraction of sp³-hybridized carbons (Fsp3) is 0.231. The monoisotopic (exact) mass is 299 g/mol. The Balaban J connectivity index is 2.33. The van der Waals surface area contributed by atoms with Gasteiger partial charge in [0.2, 0.25) is 0 Å². The van der Waals surface area contributed by atoms with E-state index < -0.39 is 6.61 Å². The molecule has 0 amide bonds. The Labute approximate surface area is 119 Å². The van der Waals surface area contributed by atoms with Gasteiger partial charge in [0.15, 0.2) is 11.0 Å². The second-order valence-corrected chi connectivity index (χ2v) is 4.45. The van der Waals surface area contributed by atoms with Crippen molar-refractivity contribution in [2.24, 2.45) is 0 Å². The van der Waals surface area contributed by atoms with Crippen molar-refractivity contribution in [3.05, 3.63) is 40.5 Å². The summed E-state index contributed by atoms with van der Waals surface area (Å²) in [7, 11) is 0. The summed E-state index contributed by atoms with van der Waals surface area (Å²) in [4.78, 5) is 0. The van der Waals surface area contributed by atoms with Crippen LogP contribution in [-0.4, -0.2) is 16.8 Å². The smallest absolute Gasteiger partial charge is 0.387 e. The summed E-state index contributed by atoms with van der Waals surface area (Å²) < 4.78 is 29.1. The number of rotatable bonds is 4. The standard InChI is InChI=1S/C13H12ClF2N3O/c1-7-8(2)12(19-18-11(7)14)17-9-5-3-4-6-10(9)20-13(15)16/h3-6,13H,1-2H3,(H,17,19).